The summed E-state index contributed by atoms with van der Waals surface area (Å²) in [6.45, 7) is 0.497. The van der Waals surface area contributed by atoms with E-state index in [0.29, 0.717) is 18.1 Å². The Morgan fingerprint density at radius 3 is 2.57 bits per heavy atom. The molecule has 0 saturated carbocycles. The van der Waals surface area contributed by atoms with Gasteiger partial charge in [0.1, 0.15) is 17.8 Å². The van der Waals surface area contributed by atoms with E-state index in [0.717, 1.165) is 17.1 Å². The fourth-order valence-corrected chi connectivity index (χ4v) is 2.05. The van der Waals surface area contributed by atoms with Crippen molar-refractivity contribution >= 4 is 17.4 Å². The van der Waals surface area contributed by atoms with Crippen molar-refractivity contribution in [3.05, 3.63) is 35.2 Å². The molecule has 0 bridgehead atoms. The zero-order valence-electron chi connectivity index (χ0n) is 12.0. The Labute approximate surface area is 128 Å². The van der Waals surface area contributed by atoms with Crippen molar-refractivity contribution in [1.29, 1.82) is 0 Å². The molecule has 1 heterocycles. The molecule has 0 amide bonds. The highest BCUT2D eigenvalue weighted by Crippen LogP contribution is 2.30. The van der Waals surface area contributed by atoms with Crippen LogP contribution in [0.3, 0.4) is 0 Å². The quantitative estimate of drug-likeness (QED) is 0.828. The van der Waals surface area contributed by atoms with Gasteiger partial charge in [-0.15, -0.1) is 0 Å². The Kier molecular flexibility index (Phi) is 5.05. The van der Waals surface area contributed by atoms with Crippen LogP contribution < -0.4 is 19.5 Å². The number of methoxy groups -OCH3 is 3. The first-order valence-corrected chi connectivity index (χ1v) is 6.56. The number of anilines is 1. The Morgan fingerprint density at radius 1 is 1.10 bits per heavy atom. The third kappa shape index (κ3) is 3.46. The summed E-state index contributed by atoms with van der Waals surface area (Å²) in [6.07, 6.45) is 1.37. The van der Waals surface area contributed by atoms with Crippen LogP contribution in [-0.2, 0) is 6.54 Å². The molecule has 0 spiro atoms. The van der Waals surface area contributed by atoms with Gasteiger partial charge in [-0.25, -0.2) is 9.97 Å². The number of halogens is 1. The average Bonchev–Trinajstić information content (AvgIpc) is 2.52. The third-order valence-corrected chi connectivity index (χ3v) is 3.17. The van der Waals surface area contributed by atoms with Crippen LogP contribution in [-0.4, -0.2) is 31.3 Å². The molecule has 112 valence electrons. The molecule has 21 heavy (non-hydrogen) atoms. The maximum absolute atomic E-state index is 5.95. The van der Waals surface area contributed by atoms with Gasteiger partial charge >= 0.3 is 0 Å². The SMILES string of the molecule is COc1ccc(CNc2ncnc(Cl)c2OC)c(OC)c1. The standard InChI is InChI=1S/C14H16ClN3O3/c1-19-10-5-4-9(11(6-10)20-2)7-16-14-12(21-3)13(15)17-8-18-14/h4-6,8H,7H2,1-3H3,(H,16,17,18). The molecular formula is C14H16ClN3O3. The van der Waals surface area contributed by atoms with E-state index in [-0.39, 0.29) is 5.15 Å². The predicted octanol–water partition coefficient (Wildman–Crippen LogP) is 2.77. The summed E-state index contributed by atoms with van der Waals surface area (Å²) in [5.74, 6) is 2.39. The Morgan fingerprint density at radius 2 is 1.90 bits per heavy atom. The molecule has 0 fully saturated rings. The lowest BCUT2D eigenvalue weighted by molar-refractivity contribution is 0.391. The van der Waals surface area contributed by atoms with Gasteiger partial charge in [-0.2, -0.15) is 0 Å². The molecule has 0 aliphatic carbocycles. The molecular weight excluding hydrogens is 294 g/mol. The van der Waals surface area contributed by atoms with E-state index in [1.165, 1.54) is 13.4 Å². The zero-order chi connectivity index (χ0) is 15.2. The van der Waals surface area contributed by atoms with Gasteiger partial charge in [-0.1, -0.05) is 11.6 Å². The zero-order valence-corrected chi connectivity index (χ0v) is 12.8. The maximum atomic E-state index is 5.95. The van der Waals surface area contributed by atoms with Gasteiger partial charge < -0.3 is 19.5 Å². The van der Waals surface area contributed by atoms with E-state index >= 15 is 0 Å². The topological polar surface area (TPSA) is 65.5 Å². The second-order valence-corrected chi connectivity index (χ2v) is 4.44. The second-order valence-electron chi connectivity index (χ2n) is 4.08. The molecule has 0 saturated heterocycles. The number of nitrogens with one attached hydrogen (secondary N) is 1. The monoisotopic (exact) mass is 309 g/mol. The lowest BCUT2D eigenvalue weighted by atomic mass is 10.2. The van der Waals surface area contributed by atoms with Gasteiger partial charge in [-0.05, 0) is 12.1 Å². The van der Waals surface area contributed by atoms with Crippen molar-refractivity contribution < 1.29 is 14.2 Å². The minimum absolute atomic E-state index is 0.261. The Balaban J connectivity index is 2.18. The lowest BCUT2D eigenvalue weighted by Crippen LogP contribution is -2.05. The smallest absolute Gasteiger partial charge is 0.198 e. The molecule has 1 N–H and O–H groups in total. The second kappa shape index (κ2) is 6.99. The van der Waals surface area contributed by atoms with Crippen LogP contribution in [0.1, 0.15) is 5.56 Å². The van der Waals surface area contributed by atoms with Crippen LogP contribution in [0.25, 0.3) is 0 Å². The summed E-state index contributed by atoms with van der Waals surface area (Å²) in [7, 11) is 4.74. The molecule has 1 aromatic heterocycles. The summed E-state index contributed by atoms with van der Waals surface area (Å²) in [5, 5.41) is 3.41. The molecule has 0 aliphatic rings. The van der Waals surface area contributed by atoms with Gasteiger partial charge in [0.05, 0.1) is 21.3 Å². The van der Waals surface area contributed by atoms with Crippen molar-refractivity contribution in [2.45, 2.75) is 6.54 Å². The van der Waals surface area contributed by atoms with Crippen LogP contribution in [0, 0.1) is 0 Å². The molecule has 6 nitrogen and oxygen atoms in total. The van der Waals surface area contributed by atoms with E-state index in [1.807, 2.05) is 18.2 Å². The number of nitrogens with zero attached hydrogens (tertiary/aromatic N) is 2. The lowest BCUT2D eigenvalue weighted by Gasteiger charge is -2.13. The van der Waals surface area contributed by atoms with Crippen molar-refractivity contribution in [2.75, 3.05) is 26.6 Å². The minimum atomic E-state index is 0.261. The van der Waals surface area contributed by atoms with Gasteiger partial charge in [0.25, 0.3) is 0 Å². The van der Waals surface area contributed by atoms with E-state index in [9.17, 15) is 0 Å². The van der Waals surface area contributed by atoms with Crippen LogP contribution in [0.5, 0.6) is 17.2 Å². The highest BCUT2D eigenvalue weighted by Gasteiger charge is 2.11. The Bertz CT molecular complexity index is 622. The molecule has 2 rings (SSSR count). The molecule has 0 atom stereocenters. The molecule has 0 unspecified atom stereocenters. The first-order valence-electron chi connectivity index (χ1n) is 6.18. The summed E-state index contributed by atoms with van der Waals surface area (Å²) in [5.41, 5.74) is 0.954. The van der Waals surface area contributed by atoms with Gasteiger partial charge in [0.15, 0.2) is 16.7 Å². The van der Waals surface area contributed by atoms with Gasteiger partial charge in [0, 0.05) is 18.2 Å². The summed E-state index contributed by atoms with van der Waals surface area (Å²) < 4.78 is 15.7. The van der Waals surface area contributed by atoms with Gasteiger partial charge in [0.2, 0.25) is 0 Å². The predicted molar refractivity (Wildman–Crippen MR) is 80.5 cm³/mol. The summed E-state index contributed by atoms with van der Waals surface area (Å²) in [4.78, 5) is 7.99. The van der Waals surface area contributed by atoms with Crippen molar-refractivity contribution in [3.8, 4) is 17.2 Å². The van der Waals surface area contributed by atoms with Crippen molar-refractivity contribution in [1.82, 2.24) is 9.97 Å². The normalized spacial score (nSPS) is 10.1. The molecule has 0 radical (unpaired) electrons. The van der Waals surface area contributed by atoms with Crippen LogP contribution >= 0.6 is 11.6 Å². The highest BCUT2D eigenvalue weighted by molar-refractivity contribution is 6.31. The summed E-state index contributed by atoms with van der Waals surface area (Å²) in [6, 6.07) is 5.60. The van der Waals surface area contributed by atoms with E-state index in [4.69, 9.17) is 25.8 Å². The number of hydrogen-bond acceptors (Lipinski definition) is 6. The average molecular weight is 310 g/mol. The largest absolute Gasteiger partial charge is 0.497 e. The molecule has 1 aromatic carbocycles. The highest BCUT2D eigenvalue weighted by atomic mass is 35.5. The fourth-order valence-electron chi connectivity index (χ4n) is 1.84. The van der Waals surface area contributed by atoms with Crippen molar-refractivity contribution in [3.63, 3.8) is 0 Å². The maximum Gasteiger partial charge on any atom is 0.198 e. The molecule has 0 aliphatic heterocycles. The first kappa shape index (κ1) is 15.2. The summed E-state index contributed by atoms with van der Waals surface area (Å²) >= 11 is 5.95. The number of hydrogen-bond donors (Lipinski definition) is 1. The molecule has 2 aromatic rings. The first-order chi connectivity index (χ1) is 10.2. The van der Waals surface area contributed by atoms with Crippen LogP contribution in [0.4, 0.5) is 5.82 Å². The van der Waals surface area contributed by atoms with Crippen LogP contribution in [0.15, 0.2) is 24.5 Å². The number of rotatable bonds is 6. The van der Waals surface area contributed by atoms with Gasteiger partial charge in [-0.3, -0.25) is 0 Å². The molecule has 7 heteroatoms. The van der Waals surface area contributed by atoms with Crippen LogP contribution in [0.2, 0.25) is 5.15 Å². The van der Waals surface area contributed by atoms with Crippen molar-refractivity contribution in [2.24, 2.45) is 0 Å². The number of aromatic nitrogens is 2. The fraction of sp³-hybridized carbons (Fsp3) is 0.286. The minimum Gasteiger partial charge on any atom is -0.497 e. The van der Waals surface area contributed by atoms with E-state index in [2.05, 4.69) is 15.3 Å². The number of benzene rings is 1. The third-order valence-electron chi connectivity index (χ3n) is 2.91. The Hall–Kier alpha value is -2.21. The van der Waals surface area contributed by atoms with E-state index in [1.54, 1.807) is 14.2 Å². The number of ether oxygens (including phenoxy) is 3. The van der Waals surface area contributed by atoms with E-state index < -0.39 is 0 Å².